The lowest BCUT2D eigenvalue weighted by Crippen LogP contribution is -2.12. The van der Waals surface area contributed by atoms with Crippen molar-refractivity contribution in [1.29, 1.82) is 0 Å². The molecular weight excluding hydrogens is 234 g/mol. The monoisotopic (exact) mass is 245 g/mol. The molecule has 0 amide bonds. The molecule has 86 valence electrons. The number of hydrogen-bond acceptors (Lipinski definition) is 5. The molecule has 2 rings (SSSR count). The predicted molar refractivity (Wildman–Crippen MR) is 69.5 cm³/mol. The fourth-order valence-corrected chi connectivity index (χ4v) is 1.41. The molecule has 0 aliphatic rings. The SMILES string of the molecule is NC(=S)c1cc(NCc2cccnn2)ccn1. The lowest BCUT2D eigenvalue weighted by atomic mass is 10.3. The molecule has 6 heteroatoms. The molecule has 0 aromatic carbocycles. The van der Waals surface area contributed by atoms with Crippen molar-refractivity contribution in [3.63, 3.8) is 0 Å². The molecule has 0 fully saturated rings. The van der Waals surface area contributed by atoms with Crippen LogP contribution in [0.3, 0.4) is 0 Å². The summed E-state index contributed by atoms with van der Waals surface area (Å²) in [4.78, 5) is 4.35. The highest BCUT2D eigenvalue weighted by Gasteiger charge is 2.00. The Bertz CT molecular complexity index is 514. The van der Waals surface area contributed by atoms with Gasteiger partial charge in [0, 0.05) is 18.1 Å². The Labute approximate surface area is 104 Å². The third-order valence-corrected chi connectivity index (χ3v) is 2.32. The molecule has 0 saturated heterocycles. The van der Waals surface area contributed by atoms with Crippen molar-refractivity contribution in [3.8, 4) is 0 Å². The number of anilines is 1. The second kappa shape index (κ2) is 5.31. The predicted octanol–water partition coefficient (Wildman–Crippen LogP) is 1.12. The van der Waals surface area contributed by atoms with Crippen LogP contribution in [-0.4, -0.2) is 20.2 Å². The molecule has 2 aromatic rings. The van der Waals surface area contributed by atoms with E-state index in [9.17, 15) is 0 Å². The minimum absolute atomic E-state index is 0.285. The third-order valence-electron chi connectivity index (χ3n) is 2.11. The van der Waals surface area contributed by atoms with Gasteiger partial charge in [0.1, 0.15) is 4.99 Å². The number of rotatable bonds is 4. The summed E-state index contributed by atoms with van der Waals surface area (Å²) in [6.45, 7) is 0.592. The van der Waals surface area contributed by atoms with E-state index < -0.39 is 0 Å². The third kappa shape index (κ3) is 3.18. The Kier molecular flexibility index (Phi) is 3.56. The average molecular weight is 245 g/mol. The summed E-state index contributed by atoms with van der Waals surface area (Å²) in [5.74, 6) is 0. The summed E-state index contributed by atoms with van der Waals surface area (Å²) in [5.41, 5.74) is 7.87. The standard InChI is InChI=1S/C11H11N5S/c12-11(17)10-6-8(3-5-13-10)14-7-9-2-1-4-15-16-9/h1-6H,7H2,(H2,12,17)(H,13,14). The molecule has 0 spiro atoms. The van der Waals surface area contributed by atoms with Crippen molar-refractivity contribution in [2.24, 2.45) is 5.73 Å². The summed E-state index contributed by atoms with van der Waals surface area (Å²) >= 11 is 4.86. The lowest BCUT2D eigenvalue weighted by Gasteiger charge is -2.06. The normalized spacial score (nSPS) is 9.88. The topological polar surface area (TPSA) is 76.7 Å². The van der Waals surface area contributed by atoms with Crippen molar-refractivity contribution in [2.45, 2.75) is 6.54 Å². The van der Waals surface area contributed by atoms with E-state index in [1.165, 1.54) is 0 Å². The second-order valence-electron chi connectivity index (χ2n) is 3.36. The lowest BCUT2D eigenvalue weighted by molar-refractivity contribution is 0.924. The minimum Gasteiger partial charge on any atom is -0.388 e. The Balaban J connectivity index is 2.04. The summed E-state index contributed by atoms with van der Waals surface area (Å²) in [6, 6.07) is 7.39. The Morgan fingerprint density at radius 1 is 1.35 bits per heavy atom. The van der Waals surface area contributed by atoms with Crippen molar-refractivity contribution in [1.82, 2.24) is 15.2 Å². The first-order valence-corrected chi connectivity index (χ1v) is 5.43. The molecule has 0 unspecified atom stereocenters. The zero-order valence-corrected chi connectivity index (χ0v) is 9.81. The highest BCUT2D eigenvalue weighted by molar-refractivity contribution is 7.80. The van der Waals surface area contributed by atoms with E-state index in [0.717, 1.165) is 11.4 Å². The van der Waals surface area contributed by atoms with Gasteiger partial charge in [0.05, 0.1) is 17.9 Å². The number of nitrogens with zero attached hydrogens (tertiary/aromatic N) is 3. The molecule has 0 saturated carbocycles. The van der Waals surface area contributed by atoms with Crippen molar-refractivity contribution < 1.29 is 0 Å². The van der Waals surface area contributed by atoms with Gasteiger partial charge in [-0.05, 0) is 24.3 Å². The molecule has 0 radical (unpaired) electrons. The Morgan fingerprint density at radius 3 is 2.94 bits per heavy atom. The number of hydrogen-bond donors (Lipinski definition) is 2. The first-order valence-electron chi connectivity index (χ1n) is 5.02. The Hall–Kier alpha value is -2.08. The van der Waals surface area contributed by atoms with Crippen LogP contribution in [-0.2, 0) is 6.54 Å². The zero-order valence-electron chi connectivity index (χ0n) is 9.00. The van der Waals surface area contributed by atoms with Crippen LogP contribution in [0.25, 0.3) is 0 Å². The van der Waals surface area contributed by atoms with Crippen molar-refractivity contribution in [2.75, 3.05) is 5.32 Å². The highest BCUT2D eigenvalue weighted by Crippen LogP contribution is 2.09. The van der Waals surface area contributed by atoms with Gasteiger partial charge in [-0.1, -0.05) is 12.2 Å². The van der Waals surface area contributed by atoms with Crippen LogP contribution in [0.4, 0.5) is 5.69 Å². The van der Waals surface area contributed by atoms with Crippen LogP contribution in [0.1, 0.15) is 11.4 Å². The fraction of sp³-hybridized carbons (Fsp3) is 0.0909. The number of pyridine rings is 1. The molecular formula is C11H11N5S. The van der Waals surface area contributed by atoms with Gasteiger partial charge in [-0.3, -0.25) is 4.98 Å². The van der Waals surface area contributed by atoms with Gasteiger partial charge in [0.2, 0.25) is 0 Å². The molecule has 0 bridgehead atoms. The van der Waals surface area contributed by atoms with Crippen LogP contribution in [0.5, 0.6) is 0 Å². The fourth-order valence-electron chi connectivity index (χ4n) is 1.30. The van der Waals surface area contributed by atoms with E-state index in [1.807, 2.05) is 18.2 Å². The van der Waals surface area contributed by atoms with Gasteiger partial charge in [-0.2, -0.15) is 10.2 Å². The van der Waals surface area contributed by atoms with E-state index >= 15 is 0 Å². The maximum Gasteiger partial charge on any atom is 0.122 e. The smallest absolute Gasteiger partial charge is 0.122 e. The van der Waals surface area contributed by atoms with Gasteiger partial charge in [-0.15, -0.1) is 0 Å². The highest BCUT2D eigenvalue weighted by atomic mass is 32.1. The van der Waals surface area contributed by atoms with Crippen molar-refractivity contribution in [3.05, 3.63) is 48.0 Å². The van der Waals surface area contributed by atoms with Gasteiger partial charge >= 0.3 is 0 Å². The van der Waals surface area contributed by atoms with Crippen molar-refractivity contribution >= 4 is 22.9 Å². The molecule has 0 aliphatic carbocycles. The first kappa shape index (κ1) is 11.4. The van der Waals surface area contributed by atoms with E-state index in [-0.39, 0.29) is 4.99 Å². The summed E-state index contributed by atoms with van der Waals surface area (Å²) in [5, 5.41) is 11.0. The molecule has 0 atom stereocenters. The Morgan fingerprint density at radius 2 is 2.24 bits per heavy atom. The largest absolute Gasteiger partial charge is 0.388 e. The van der Waals surface area contributed by atoms with Crippen LogP contribution in [0.2, 0.25) is 0 Å². The van der Waals surface area contributed by atoms with Crippen LogP contribution in [0.15, 0.2) is 36.7 Å². The molecule has 2 heterocycles. The first-order chi connectivity index (χ1) is 8.25. The van der Waals surface area contributed by atoms with Crippen LogP contribution >= 0.6 is 12.2 Å². The molecule has 0 aliphatic heterocycles. The maximum atomic E-state index is 5.51. The number of nitrogens with one attached hydrogen (secondary N) is 1. The van der Waals surface area contributed by atoms with E-state index in [4.69, 9.17) is 18.0 Å². The summed E-state index contributed by atoms with van der Waals surface area (Å²) in [6.07, 6.45) is 3.30. The quantitative estimate of drug-likeness (QED) is 0.786. The van der Waals surface area contributed by atoms with E-state index in [2.05, 4.69) is 20.5 Å². The van der Waals surface area contributed by atoms with Crippen LogP contribution < -0.4 is 11.1 Å². The molecule has 17 heavy (non-hydrogen) atoms. The maximum absolute atomic E-state index is 5.51. The molecule has 5 nitrogen and oxygen atoms in total. The van der Waals surface area contributed by atoms with E-state index in [1.54, 1.807) is 18.5 Å². The summed E-state index contributed by atoms with van der Waals surface area (Å²) in [7, 11) is 0. The van der Waals surface area contributed by atoms with Gasteiger partial charge in [0.25, 0.3) is 0 Å². The minimum atomic E-state index is 0.285. The summed E-state index contributed by atoms with van der Waals surface area (Å²) < 4.78 is 0. The molecule has 2 aromatic heterocycles. The second-order valence-corrected chi connectivity index (χ2v) is 3.80. The number of nitrogens with two attached hydrogens (primary N) is 1. The molecule has 3 N–H and O–H groups in total. The average Bonchev–Trinajstić information content (AvgIpc) is 2.38. The van der Waals surface area contributed by atoms with Crippen LogP contribution in [0, 0.1) is 0 Å². The van der Waals surface area contributed by atoms with Gasteiger partial charge < -0.3 is 11.1 Å². The van der Waals surface area contributed by atoms with Gasteiger partial charge in [-0.25, -0.2) is 0 Å². The number of thiocarbonyl (C=S) groups is 1. The van der Waals surface area contributed by atoms with Gasteiger partial charge in [0.15, 0.2) is 0 Å². The number of aromatic nitrogens is 3. The van der Waals surface area contributed by atoms with E-state index in [0.29, 0.717) is 12.2 Å². The zero-order chi connectivity index (χ0) is 12.1.